The van der Waals surface area contributed by atoms with Crippen LogP contribution < -0.4 is 4.74 Å². The van der Waals surface area contributed by atoms with Crippen LogP contribution in [0.4, 0.5) is 4.39 Å². The number of ether oxygens (including phenoxy) is 5. The van der Waals surface area contributed by atoms with Gasteiger partial charge in [0.25, 0.3) is 0 Å². The van der Waals surface area contributed by atoms with Crippen LogP contribution in [0.1, 0.15) is 81.2 Å². The summed E-state index contributed by atoms with van der Waals surface area (Å²) in [5.74, 6) is -1.20. The number of methoxy groups -OCH3 is 1. The van der Waals surface area contributed by atoms with Crippen molar-refractivity contribution < 1.29 is 37.3 Å². The molecule has 1 aliphatic rings. The second-order valence-electron chi connectivity index (χ2n) is 14.4. The van der Waals surface area contributed by atoms with Crippen molar-refractivity contribution in [2.75, 3.05) is 13.7 Å². The average Bonchev–Trinajstić information content (AvgIpc) is 3.16. The van der Waals surface area contributed by atoms with Crippen LogP contribution in [0.3, 0.4) is 0 Å². The normalized spacial score (nSPS) is 22.0. The highest BCUT2D eigenvalue weighted by molar-refractivity contribution is 6.74. The predicted octanol–water partition coefficient (Wildman–Crippen LogP) is 7.98. The van der Waals surface area contributed by atoms with Gasteiger partial charge in [-0.15, -0.1) is 0 Å². The standard InChI is InChI=1S/C33H55FO7Si/c1-22(23(2)41-42(12,13)32(6,7)8)20-26(34)28(38-21-24-14-16-25(36-11)17-15-24)29-27(39-33(9,10)40-29)18-19-37-30(35)31(3,4)5/h14-17,20,22-23,27-29H,18-19,21H2,1-13H3/b26-20+/t22-,23-,27+,28-,29+/m1/s1. The fraction of sp³-hybridized carbons (Fsp3) is 0.727. The van der Waals surface area contributed by atoms with E-state index < -0.39 is 43.7 Å². The first-order valence-corrected chi connectivity index (χ1v) is 17.9. The lowest BCUT2D eigenvalue weighted by atomic mass is 9.97. The molecule has 42 heavy (non-hydrogen) atoms. The van der Waals surface area contributed by atoms with Crippen LogP contribution in [0.5, 0.6) is 5.75 Å². The molecule has 7 nitrogen and oxygen atoms in total. The summed E-state index contributed by atoms with van der Waals surface area (Å²) < 4.78 is 52.3. The maximum Gasteiger partial charge on any atom is 0.311 e. The summed E-state index contributed by atoms with van der Waals surface area (Å²) in [6, 6.07) is 7.45. The fourth-order valence-corrected chi connectivity index (χ4v) is 5.79. The number of halogens is 1. The van der Waals surface area contributed by atoms with Gasteiger partial charge in [-0.1, -0.05) is 39.8 Å². The van der Waals surface area contributed by atoms with Crippen LogP contribution in [-0.4, -0.2) is 58.2 Å². The Morgan fingerprint density at radius 3 is 2.19 bits per heavy atom. The minimum Gasteiger partial charge on any atom is -0.497 e. The summed E-state index contributed by atoms with van der Waals surface area (Å²) in [5, 5.41) is 0.0392. The number of carbonyl (C=O) groups is 1. The fourth-order valence-electron chi connectivity index (χ4n) is 4.30. The average molecular weight is 611 g/mol. The van der Waals surface area contributed by atoms with Gasteiger partial charge in [-0.05, 0) is 83.4 Å². The Labute approximate surface area is 254 Å². The van der Waals surface area contributed by atoms with Gasteiger partial charge in [-0.3, -0.25) is 4.79 Å². The second-order valence-corrected chi connectivity index (χ2v) is 19.1. The van der Waals surface area contributed by atoms with E-state index in [-0.39, 0.29) is 36.2 Å². The third-order valence-electron chi connectivity index (χ3n) is 8.08. The Morgan fingerprint density at radius 2 is 1.67 bits per heavy atom. The van der Waals surface area contributed by atoms with Crippen molar-refractivity contribution in [1.29, 1.82) is 0 Å². The molecule has 1 heterocycles. The van der Waals surface area contributed by atoms with E-state index >= 15 is 4.39 Å². The molecule has 5 atom stereocenters. The molecule has 2 rings (SSSR count). The number of carbonyl (C=O) groups excluding carboxylic acids is 1. The predicted molar refractivity (Wildman–Crippen MR) is 167 cm³/mol. The number of rotatable bonds is 13. The maximum atomic E-state index is 16.3. The lowest BCUT2D eigenvalue weighted by molar-refractivity contribution is -0.160. The summed E-state index contributed by atoms with van der Waals surface area (Å²) >= 11 is 0. The number of hydrogen-bond donors (Lipinski definition) is 0. The summed E-state index contributed by atoms with van der Waals surface area (Å²) in [6.07, 6.45) is -0.618. The van der Waals surface area contributed by atoms with E-state index in [0.29, 0.717) is 6.42 Å². The van der Waals surface area contributed by atoms with Gasteiger partial charge in [0.2, 0.25) is 0 Å². The van der Waals surface area contributed by atoms with Crippen molar-refractivity contribution in [2.24, 2.45) is 11.3 Å². The molecule has 0 amide bonds. The zero-order valence-electron chi connectivity index (χ0n) is 28.1. The second kappa shape index (κ2) is 14.3. The van der Waals surface area contributed by atoms with Crippen molar-refractivity contribution >= 4 is 14.3 Å². The van der Waals surface area contributed by atoms with Crippen LogP contribution in [0, 0.1) is 11.3 Å². The molecule has 240 valence electrons. The Balaban J connectivity index is 2.32. The van der Waals surface area contributed by atoms with Gasteiger partial charge in [-0.2, -0.15) is 0 Å². The van der Waals surface area contributed by atoms with Gasteiger partial charge in [0.15, 0.2) is 14.1 Å². The molecule has 0 aliphatic carbocycles. The van der Waals surface area contributed by atoms with Crippen molar-refractivity contribution in [1.82, 2.24) is 0 Å². The van der Waals surface area contributed by atoms with Crippen LogP contribution in [-0.2, 0) is 34.8 Å². The van der Waals surface area contributed by atoms with Crippen molar-refractivity contribution in [2.45, 2.75) is 131 Å². The molecule has 0 aromatic heterocycles. The van der Waals surface area contributed by atoms with Gasteiger partial charge in [0, 0.05) is 18.4 Å². The van der Waals surface area contributed by atoms with Crippen LogP contribution >= 0.6 is 0 Å². The summed E-state index contributed by atoms with van der Waals surface area (Å²) in [6.45, 7) is 24.2. The quantitative estimate of drug-likeness (QED) is 0.166. The Bertz CT molecular complexity index is 1040. The van der Waals surface area contributed by atoms with E-state index in [0.717, 1.165) is 11.3 Å². The van der Waals surface area contributed by atoms with Crippen LogP contribution in [0.15, 0.2) is 36.2 Å². The van der Waals surface area contributed by atoms with Gasteiger partial charge < -0.3 is 28.1 Å². The number of esters is 1. The molecule has 1 saturated heterocycles. The molecule has 0 spiro atoms. The highest BCUT2D eigenvalue weighted by Crippen LogP contribution is 2.39. The third-order valence-corrected chi connectivity index (χ3v) is 12.7. The van der Waals surface area contributed by atoms with Crippen molar-refractivity contribution in [3.63, 3.8) is 0 Å². The van der Waals surface area contributed by atoms with E-state index in [9.17, 15) is 4.79 Å². The smallest absolute Gasteiger partial charge is 0.311 e. The Hall–Kier alpha value is -1.78. The van der Waals surface area contributed by atoms with Gasteiger partial charge in [-0.25, -0.2) is 4.39 Å². The Kier molecular flexibility index (Phi) is 12.4. The maximum absolute atomic E-state index is 16.3. The monoisotopic (exact) mass is 610 g/mol. The summed E-state index contributed by atoms with van der Waals surface area (Å²) in [4.78, 5) is 12.3. The summed E-state index contributed by atoms with van der Waals surface area (Å²) in [5.41, 5.74) is 0.245. The minimum atomic E-state index is -2.05. The first-order chi connectivity index (χ1) is 19.2. The lowest BCUT2D eigenvalue weighted by Crippen LogP contribution is -2.44. The number of benzene rings is 1. The van der Waals surface area contributed by atoms with Crippen LogP contribution in [0.25, 0.3) is 0 Å². The topological polar surface area (TPSA) is 72.5 Å². The molecule has 0 saturated carbocycles. The first kappa shape index (κ1) is 36.4. The van der Waals surface area contributed by atoms with Gasteiger partial charge in [0.05, 0.1) is 31.8 Å². The first-order valence-electron chi connectivity index (χ1n) is 15.0. The summed E-state index contributed by atoms with van der Waals surface area (Å²) in [7, 11) is -0.441. The third kappa shape index (κ3) is 10.4. The molecule has 0 radical (unpaired) electrons. The molecular formula is C33H55FO7Si. The number of hydrogen-bond acceptors (Lipinski definition) is 7. The van der Waals surface area contributed by atoms with Gasteiger partial charge >= 0.3 is 5.97 Å². The zero-order chi connectivity index (χ0) is 32.1. The molecule has 0 N–H and O–H groups in total. The van der Waals surface area contributed by atoms with E-state index in [2.05, 4.69) is 33.9 Å². The van der Waals surface area contributed by atoms with E-state index in [1.165, 1.54) is 0 Å². The van der Waals surface area contributed by atoms with E-state index in [1.807, 2.05) is 38.1 Å². The van der Waals surface area contributed by atoms with Gasteiger partial charge in [0.1, 0.15) is 23.8 Å². The highest BCUT2D eigenvalue weighted by atomic mass is 28.4. The lowest BCUT2D eigenvalue weighted by Gasteiger charge is -2.39. The van der Waals surface area contributed by atoms with E-state index in [4.69, 9.17) is 28.1 Å². The zero-order valence-corrected chi connectivity index (χ0v) is 29.1. The molecule has 1 aliphatic heterocycles. The highest BCUT2D eigenvalue weighted by Gasteiger charge is 2.47. The van der Waals surface area contributed by atoms with E-state index in [1.54, 1.807) is 47.8 Å². The molecule has 1 aromatic rings. The largest absolute Gasteiger partial charge is 0.497 e. The molecule has 1 fully saturated rings. The van der Waals surface area contributed by atoms with Crippen LogP contribution in [0.2, 0.25) is 18.1 Å². The molecule has 0 unspecified atom stereocenters. The molecule has 1 aromatic carbocycles. The Morgan fingerprint density at radius 1 is 1.07 bits per heavy atom. The molecule has 9 heteroatoms. The van der Waals surface area contributed by atoms with Crippen molar-refractivity contribution in [3.8, 4) is 5.75 Å². The molecular weight excluding hydrogens is 555 g/mol. The van der Waals surface area contributed by atoms with Crippen molar-refractivity contribution in [3.05, 3.63) is 41.7 Å². The minimum absolute atomic E-state index is 0.0392. The molecule has 0 bridgehead atoms. The SMILES string of the molecule is COc1ccc(CO[C@H](/C(F)=C\[C@@H](C)[C@@H](C)O[Si](C)(C)C(C)(C)C)[C@H]2OC(C)(C)O[C@H]2CCOC(=O)C(C)(C)C)cc1.